The quantitative estimate of drug-likeness (QED) is 0.568. The molecule has 1 unspecified atom stereocenters. The van der Waals surface area contributed by atoms with Gasteiger partial charge in [-0.05, 0) is 68.9 Å². The number of ether oxygens (including phenoxy) is 1. The Morgan fingerprint density at radius 3 is 1.97 bits per heavy atom. The first-order chi connectivity index (χ1) is 16.2. The van der Waals surface area contributed by atoms with Crippen molar-refractivity contribution in [1.82, 2.24) is 4.90 Å². The number of benzene rings is 2. The maximum Gasteiger partial charge on any atom is 0.421 e. The van der Waals surface area contributed by atoms with E-state index in [9.17, 15) is 19.2 Å². The fraction of sp³-hybridized carbons (Fsp3) is 0.429. The number of carbonyl (C=O) groups is 4. The molecule has 1 atom stereocenters. The van der Waals surface area contributed by atoms with E-state index < -0.39 is 23.0 Å². The minimum absolute atomic E-state index is 0.0503. The Morgan fingerprint density at radius 2 is 1.46 bits per heavy atom. The van der Waals surface area contributed by atoms with Crippen LogP contribution in [0.1, 0.15) is 86.7 Å². The Morgan fingerprint density at radius 1 is 0.886 bits per heavy atom. The van der Waals surface area contributed by atoms with Crippen molar-refractivity contribution in [2.75, 3.05) is 11.4 Å². The zero-order chi connectivity index (χ0) is 25.9. The predicted octanol–water partition coefficient (Wildman–Crippen LogP) is 5.21. The Bertz CT molecular complexity index is 1220. The Labute approximate surface area is 206 Å². The van der Waals surface area contributed by atoms with Gasteiger partial charge in [0.1, 0.15) is 5.60 Å². The molecular formula is C28H32N2O5. The molecule has 4 rings (SSSR count). The van der Waals surface area contributed by atoms with E-state index in [2.05, 4.69) is 0 Å². The van der Waals surface area contributed by atoms with Crippen molar-refractivity contribution in [1.29, 1.82) is 0 Å². The minimum Gasteiger partial charge on any atom is -0.443 e. The average Bonchev–Trinajstić information content (AvgIpc) is 3.13. The molecule has 0 fully saturated rings. The summed E-state index contributed by atoms with van der Waals surface area (Å²) in [7, 11) is 0. The molecule has 0 saturated heterocycles. The number of carbonyl (C=O) groups excluding carboxylic acids is 4. The molecule has 2 heterocycles. The Kier molecular flexibility index (Phi) is 5.66. The maximum atomic E-state index is 13.9. The van der Waals surface area contributed by atoms with E-state index in [0.29, 0.717) is 16.8 Å². The van der Waals surface area contributed by atoms with Crippen LogP contribution in [0.15, 0.2) is 42.5 Å². The highest BCUT2D eigenvalue weighted by Gasteiger charge is 2.53. The number of fused-ring (bicyclic) bond motifs is 2. The van der Waals surface area contributed by atoms with Gasteiger partial charge in [-0.25, -0.2) is 9.69 Å². The first-order valence-corrected chi connectivity index (χ1v) is 11.8. The average molecular weight is 477 g/mol. The second-order valence-corrected chi connectivity index (χ2v) is 11.5. The van der Waals surface area contributed by atoms with E-state index in [0.717, 1.165) is 16.0 Å². The van der Waals surface area contributed by atoms with Crippen LogP contribution < -0.4 is 4.90 Å². The third-order valence-corrected chi connectivity index (χ3v) is 6.61. The molecule has 0 saturated carbocycles. The third kappa shape index (κ3) is 4.03. The van der Waals surface area contributed by atoms with Crippen LogP contribution in [0.25, 0.3) is 0 Å². The lowest BCUT2D eigenvalue weighted by Gasteiger charge is -2.31. The molecule has 0 spiro atoms. The summed E-state index contributed by atoms with van der Waals surface area (Å²) in [6.07, 6.45) is -0.560. The van der Waals surface area contributed by atoms with Crippen LogP contribution in [0.2, 0.25) is 0 Å². The third-order valence-electron chi connectivity index (χ3n) is 6.61. The van der Waals surface area contributed by atoms with Gasteiger partial charge in [0, 0.05) is 6.54 Å². The number of amides is 4. The fourth-order valence-electron chi connectivity index (χ4n) is 4.89. The summed E-state index contributed by atoms with van der Waals surface area (Å²) in [5.74, 6) is -1.16. The summed E-state index contributed by atoms with van der Waals surface area (Å²) < 4.78 is 5.57. The molecule has 184 valence electrons. The van der Waals surface area contributed by atoms with Crippen LogP contribution in [0.5, 0.6) is 0 Å². The molecule has 0 radical (unpaired) electrons. The molecule has 2 aromatic carbocycles. The zero-order valence-electron chi connectivity index (χ0n) is 21.4. The van der Waals surface area contributed by atoms with Crippen molar-refractivity contribution in [3.8, 4) is 0 Å². The van der Waals surface area contributed by atoms with Crippen molar-refractivity contribution < 1.29 is 23.9 Å². The molecule has 2 aliphatic heterocycles. The topological polar surface area (TPSA) is 84.0 Å². The lowest BCUT2D eigenvalue weighted by atomic mass is 9.72. The normalized spacial score (nSPS) is 19.8. The molecule has 7 nitrogen and oxygen atoms in total. The molecule has 0 aliphatic carbocycles. The van der Waals surface area contributed by atoms with Gasteiger partial charge in [-0.15, -0.1) is 0 Å². The molecule has 2 aromatic rings. The van der Waals surface area contributed by atoms with E-state index >= 15 is 0 Å². The van der Waals surface area contributed by atoms with Crippen LogP contribution >= 0.6 is 0 Å². The van der Waals surface area contributed by atoms with Crippen molar-refractivity contribution in [2.45, 2.75) is 71.3 Å². The van der Waals surface area contributed by atoms with E-state index in [1.807, 2.05) is 32.9 Å². The number of nitrogens with zero attached hydrogens (tertiary/aromatic N) is 2. The number of hydrogen-bond acceptors (Lipinski definition) is 5. The molecule has 0 aromatic heterocycles. The highest BCUT2D eigenvalue weighted by atomic mass is 16.6. The number of anilines is 1. The van der Waals surface area contributed by atoms with Crippen LogP contribution in [0.4, 0.5) is 10.5 Å². The van der Waals surface area contributed by atoms with Crippen LogP contribution in [-0.4, -0.2) is 40.9 Å². The van der Waals surface area contributed by atoms with Gasteiger partial charge in [-0.3, -0.25) is 19.3 Å². The summed E-state index contributed by atoms with van der Waals surface area (Å²) in [4.78, 5) is 55.2. The molecule has 0 N–H and O–H groups in total. The predicted molar refractivity (Wildman–Crippen MR) is 133 cm³/mol. The SMILES string of the molecule is CC(C)(C)OC(=O)N1C(=O)C(C)(CCN2C(=O)c3ccccc3C2=O)c2c1cccc2C(C)(C)C. The smallest absolute Gasteiger partial charge is 0.421 e. The first-order valence-electron chi connectivity index (χ1n) is 11.8. The molecule has 0 bridgehead atoms. The standard InChI is InChI=1S/C28H32N2O5/c1-26(2,3)19-13-10-14-20-21(19)28(7,24(33)30(20)25(34)35-27(4,5)6)15-16-29-22(31)17-11-8-9-12-18(17)23(29)32/h8-14H,15-16H2,1-7H3. The van der Waals surface area contributed by atoms with Crippen LogP contribution in [-0.2, 0) is 20.4 Å². The zero-order valence-corrected chi connectivity index (χ0v) is 21.4. The van der Waals surface area contributed by atoms with Gasteiger partial charge >= 0.3 is 6.09 Å². The number of rotatable bonds is 3. The van der Waals surface area contributed by atoms with Crippen LogP contribution in [0.3, 0.4) is 0 Å². The van der Waals surface area contributed by atoms with Gasteiger partial charge in [0.05, 0.1) is 22.2 Å². The molecule has 35 heavy (non-hydrogen) atoms. The maximum absolute atomic E-state index is 13.9. The minimum atomic E-state index is -1.13. The number of hydrogen-bond donors (Lipinski definition) is 0. The Hall–Kier alpha value is -3.48. The number of imide groups is 2. The summed E-state index contributed by atoms with van der Waals surface area (Å²) in [6.45, 7) is 13.2. The van der Waals surface area contributed by atoms with Crippen molar-refractivity contribution in [2.24, 2.45) is 0 Å². The first kappa shape index (κ1) is 24.6. The fourth-order valence-corrected chi connectivity index (χ4v) is 4.89. The largest absolute Gasteiger partial charge is 0.443 e. The monoisotopic (exact) mass is 476 g/mol. The van der Waals surface area contributed by atoms with Crippen molar-refractivity contribution >= 4 is 29.5 Å². The summed E-state index contributed by atoms with van der Waals surface area (Å²) >= 11 is 0. The second-order valence-electron chi connectivity index (χ2n) is 11.5. The van der Waals surface area contributed by atoms with E-state index in [-0.39, 0.29) is 30.2 Å². The Balaban J connectivity index is 1.75. The van der Waals surface area contributed by atoms with E-state index in [1.165, 1.54) is 4.90 Å². The van der Waals surface area contributed by atoms with Gasteiger partial charge in [0.2, 0.25) is 5.91 Å². The second kappa shape index (κ2) is 8.04. The van der Waals surface area contributed by atoms with Gasteiger partial charge in [0.25, 0.3) is 11.8 Å². The molecule has 4 amide bonds. The molecule has 7 heteroatoms. The van der Waals surface area contributed by atoms with Gasteiger partial charge in [0.15, 0.2) is 0 Å². The highest BCUT2D eigenvalue weighted by molar-refractivity contribution is 6.22. The summed E-state index contributed by atoms with van der Waals surface area (Å²) in [5, 5.41) is 0. The van der Waals surface area contributed by atoms with Gasteiger partial charge in [-0.1, -0.05) is 45.0 Å². The lowest BCUT2D eigenvalue weighted by molar-refractivity contribution is -0.122. The summed E-state index contributed by atoms with van der Waals surface area (Å²) in [6, 6.07) is 12.3. The van der Waals surface area contributed by atoms with Crippen LogP contribution in [0, 0.1) is 0 Å². The van der Waals surface area contributed by atoms with Crippen molar-refractivity contribution in [3.05, 3.63) is 64.7 Å². The van der Waals surface area contributed by atoms with E-state index in [4.69, 9.17) is 4.74 Å². The molecule has 2 aliphatic rings. The lowest BCUT2D eigenvalue weighted by Crippen LogP contribution is -2.46. The molecular weight excluding hydrogens is 444 g/mol. The van der Waals surface area contributed by atoms with Gasteiger partial charge in [-0.2, -0.15) is 0 Å². The highest BCUT2D eigenvalue weighted by Crippen LogP contribution is 2.49. The van der Waals surface area contributed by atoms with Crippen molar-refractivity contribution in [3.63, 3.8) is 0 Å². The summed E-state index contributed by atoms with van der Waals surface area (Å²) in [5.41, 5.74) is 0.662. The van der Waals surface area contributed by atoms with Gasteiger partial charge < -0.3 is 4.74 Å². The van der Waals surface area contributed by atoms with E-state index in [1.54, 1.807) is 58.0 Å².